The zero-order valence-corrected chi connectivity index (χ0v) is 9.27. The van der Waals surface area contributed by atoms with Crippen LogP contribution >= 0.6 is 0 Å². The number of hydrogen-bond donors (Lipinski definition) is 1. The van der Waals surface area contributed by atoms with Crippen LogP contribution in [0.5, 0.6) is 5.75 Å². The molecule has 1 aliphatic heterocycles. The molecule has 1 heterocycles. The zero-order chi connectivity index (χ0) is 11.5. The fourth-order valence-corrected chi connectivity index (χ4v) is 1.66. The molecule has 1 amide bonds. The summed E-state index contributed by atoms with van der Waals surface area (Å²) < 4.78 is 10.3. The van der Waals surface area contributed by atoms with E-state index in [1.165, 1.54) is 0 Å². The Bertz CT molecular complexity index is 395. The molecule has 0 spiro atoms. The Morgan fingerprint density at radius 1 is 1.56 bits per heavy atom. The first-order valence-corrected chi connectivity index (χ1v) is 5.01. The van der Waals surface area contributed by atoms with Gasteiger partial charge < -0.3 is 9.47 Å². The fourth-order valence-electron chi connectivity index (χ4n) is 1.66. The van der Waals surface area contributed by atoms with Crippen LogP contribution in [-0.4, -0.2) is 31.8 Å². The van der Waals surface area contributed by atoms with E-state index in [-0.39, 0.29) is 6.10 Å². The van der Waals surface area contributed by atoms with Crippen molar-refractivity contribution in [3.63, 3.8) is 0 Å². The van der Waals surface area contributed by atoms with Crippen molar-refractivity contribution in [2.24, 2.45) is 0 Å². The van der Waals surface area contributed by atoms with Crippen LogP contribution in [0.4, 0.5) is 4.79 Å². The number of hydrazine groups is 1. The lowest BCUT2D eigenvalue weighted by atomic mass is 10.1. The number of cyclic esters (lactones) is 1. The Morgan fingerprint density at radius 3 is 3.06 bits per heavy atom. The number of likely N-dealkylation sites (N-methyl/N-ethyl adjacent to an activating group) is 1. The second-order valence-electron chi connectivity index (χ2n) is 3.66. The Hall–Kier alpha value is -1.75. The molecule has 0 radical (unpaired) electrons. The number of methoxy groups -OCH3 is 1. The quantitative estimate of drug-likeness (QED) is 0.820. The van der Waals surface area contributed by atoms with Gasteiger partial charge in [0.25, 0.3) is 0 Å². The number of carbonyl (C=O) groups excluding carboxylic acids is 1. The largest absolute Gasteiger partial charge is 0.497 e. The molecule has 86 valence electrons. The average molecular weight is 222 g/mol. The van der Waals surface area contributed by atoms with Crippen molar-refractivity contribution in [2.45, 2.75) is 6.10 Å². The Kier molecular flexibility index (Phi) is 2.96. The number of carbonyl (C=O) groups is 1. The maximum absolute atomic E-state index is 11.2. The highest BCUT2D eigenvalue weighted by Crippen LogP contribution is 2.24. The molecule has 1 aromatic rings. The maximum atomic E-state index is 11.2. The summed E-state index contributed by atoms with van der Waals surface area (Å²) in [5.74, 6) is 0.759. The van der Waals surface area contributed by atoms with E-state index in [9.17, 15) is 4.79 Å². The second-order valence-corrected chi connectivity index (χ2v) is 3.66. The molecule has 1 unspecified atom stereocenters. The normalized spacial score (nSPS) is 21.1. The molecule has 0 aromatic heterocycles. The Labute approximate surface area is 93.9 Å². The molecule has 1 saturated heterocycles. The van der Waals surface area contributed by atoms with Gasteiger partial charge in [-0.05, 0) is 17.7 Å². The number of rotatable bonds is 2. The lowest BCUT2D eigenvalue weighted by Gasteiger charge is -2.30. The highest BCUT2D eigenvalue weighted by Gasteiger charge is 2.25. The molecular weight excluding hydrogens is 208 g/mol. The van der Waals surface area contributed by atoms with E-state index in [4.69, 9.17) is 9.47 Å². The van der Waals surface area contributed by atoms with Gasteiger partial charge in [0.2, 0.25) is 0 Å². The molecule has 5 heteroatoms. The minimum atomic E-state index is -0.429. The first-order chi connectivity index (χ1) is 7.69. The van der Waals surface area contributed by atoms with E-state index in [1.54, 1.807) is 19.2 Å². The van der Waals surface area contributed by atoms with Crippen LogP contribution < -0.4 is 10.2 Å². The van der Waals surface area contributed by atoms with Crippen LogP contribution in [0, 0.1) is 0 Å². The van der Waals surface area contributed by atoms with Crippen molar-refractivity contribution in [3.8, 4) is 5.75 Å². The van der Waals surface area contributed by atoms with Gasteiger partial charge in [-0.2, -0.15) is 0 Å². The molecule has 2 rings (SSSR count). The van der Waals surface area contributed by atoms with Crippen molar-refractivity contribution in [3.05, 3.63) is 29.8 Å². The van der Waals surface area contributed by atoms with Gasteiger partial charge in [-0.15, -0.1) is 0 Å². The summed E-state index contributed by atoms with van der Waals surface area (Å²) in [6.07, 6.45) is -0.685. The molecule has 1 fully saturated rings. The second kappa shape index (κ2) is 4.40. The predicted octanol–water partition coefficient (Wildman–Crippen LogP) is 1.32. The van der Waals surface area contributed by atoms with E-state index in [1.807, 2.05) is 24.3 Å². The number of amides is 1. The molecule has 0 aliphatic carbocycles. The molecular formula is C11H14N2O3. The summed E-state index contributed by atoms with van der Waals surface area (Å²) >= 11 is 0. The van der Waals surface area contributed by atoms with E-state index < -0.39 is 6.09 Å². The highest BCUT2D eigenvalue weighted by atomic mass is 16.6. The van der Waals surface area contributed by atoms with Crippen LogP contribution in [0.1, 0.15) is 11.7 Å². The lowest BCUT2D eigenvalue weighted by molar-refractivity contribution is 0.0128. The summed E-state index contributed by atoms with van der Waals surface area (Å²) in [7, 11) is 3.41. The predicted molar refractivity (Wildman–Crippen MR) is 58.0 cm³/mol. The summed E-state index contributed by atoms with van der Waals surface area (Å²) in [6, 6.07) is 7.52. The number of nitrogens with one attached hydrogen (secondary N) is 1. The number of ether oxygens (including phenoxy) is 2. The van der Waals surface area contributed by atoms with E-state index in [0.29, 0.717) is 6.54 Å². The Morgan fingerprint density at radius 2 is 2.38 bits per heavy atom. The van der Waals surface area contributed by atoms with Crippen LogP contribution in [0.2, 0.25) is 0 Å². The molecule has 5 nitrogen and oxygen atoms in total. The van der Waals surface area contributed by atoms with Crippen molar-refractivity contribution in [1.82, 2.24) is 10.4 Å². The van der Waals surface area contributed by atoms with Crippen molar-refractivity contribution >= 4 is 6.09 Å². The van der Waals surface area contributed by atoms with E-state index in [2.05, 4.69) is 5.43 Å². The lowest BCUT2D eigenvalue weighted by Crippen LogP contribution is -2.48. The minimum Gasteiger partial charge on any atom is -0.497 e. The summed E-state index contributed by atoms with van der Waals surface area (Å²) in [6.45, 7) is 0.610. The molecule has 1 N–H and O–H groups in total. The third kappa shape index (κ3) is 2.25. The standard InChI is InChI=1S/C11H14N2O3/c1-13-7-10(16-11(14)12-13)8-4-3-5-9(6-8)15-2/h3-6,10H,7H2,1-2H3,(H,12,14). The molecule has 16 heavy (non-hydrogen) atoms. The van der Waals surface area contributed by atoms with Gasteiger partial charge in [0, 0.05) is 7.05 Å². The van der Waals surface area contributed by atoms with E-state index >= 15 is 0 Å². The molecule has 0 bridgehead atoms. The summed E-state index contributed by atoms with van der Waals surface area (Å²) in [4.78, 5) is 11.2. The average Bonchev–Trinajstić information content (AvgIpc) is 2.28. The first kappa shape index (κ1) is 10.8. The first-order valence-electron chi connectivity index (χ1n) is 5.01. The minimum absolute atomic E-state index is 0.256. The molecule has 0 saturated carbocycles. The highest BCUT2D eigenvalue weighted by molar-refractivity contribution is 5.67. The van der Waals surface area contributed by atoms with Crippen LogP contribution in [-0.2, 0) is 4.74 Å². The topological polar surface area (TPSA) is 50.8 Å². The van der Waals surface area contributed by atoms with Gasteiger partial charge >= 0.3 is 6.09 Å². The third-order valence-corrected chi connectivity index (χ3v) is 2.44. The monoisotopic (exact) mass is 222 g/mol. The smallest absolute Gasteiger partial charge is 0.422 e. The van der Waals surface area contributed by atoms with Gasteiger partial charge in [0.1, 0.15) is 11.9 Å². The van der Waals surface area contributed by atoms with Crippen molar-refractivity contribution < 1.29 is 14.3 Å². The zero-order valence-electron chi connectivity index (χ0n) is 9.27. The Balaban J connectivity index is 2.19. The van der Waals surface area contributed by atoms with Gasteiger partial charge in [-0.1, -0.05) is 12.1 Å². The molecule has 1 aromatic carbocycles. The number of benzene rings is 1. The molecule has 1 aliphatic rings. The SMILES string of the molecule is COc1cccc(C2CN(C)NC(=O)O2)c1. The van der Waals surface area contributed by atoms with Gasteiger partial charge in [-0.25, -0.2) is 9.80 Å². The number of hydrogen-bond acceptors (Lipinski definition) is 4. The van der Waals surface area contributed by atoms with Gasteiger partial charge in [0.05, 0.1) is 13.7 Å². The van der Waals surface area contributed by atoms with E-state index in [0.717, 1.165) is 11.3 Å². The third-order valence-electron chi connectivity index (χ3n) is 2.44. The van der Waals surface area contributed by atoms with Crippen LogP contribution in [0.3, 0.4) is 0 Å². The van der Waals surface area contributed by atoms with Crippen molar-refractivity contribution in [1.29, 1.82) is 0 Å². The van der Waals surface area contributed by atoms with Crippen molar-refractivity contribution in [2.75, 3.05) is 20.7 Å². The molecule has 1 atom stereocenters. The summed E-state index contributed by atoms with van der Waals surface area (Å²) in [5.41, 5.74) is 3.48. The number of nitrogens with zero attached hydrogens (tertiary/aromatic N) is 1. The van der Waals surface area contributed by atoms with Crippen LogP contribution in [0.15, 0.2) is 24.3 Å². The van der Waals surface area contributed by atoms with Crippen LogP contribution in [0.25, 0.3) is 0 Å². The van der Waals surface area contributed by atoms with Gasteiger partial charge in [-0.3, -0.25) is 5.43 Å². The maximum Gasteiger partial charge on any atom is 0.422 e. The fraction of sp³-hybridized carbons (Fsp3) is 0.364. The van der Waals surface area contributed by atoms with Gasteiger partial charge in [0.15, 0.2) is 0 Å². The summed E-state index contributed by atoms with van der Waals surface area (Å²) in [5, 5.41) is 1.70.